The molecule has 3 amide bonds. The van der Waals surface area contributed by atoms with Gasteiger partial charge < -0.3 is 19.7 Å². The Hall–Kier alpha value is -6.02. The second-order valence-electron chi connectivity index (χ2n) is 17.1. The summed E-state index contributed by atoms with van der Waals surface area (Å²) in [6, 6.07) is 18.4. The Balaban J connectivity index is 0.788. The summed E-state index contributed by atoms with van der Waals surface area (Å²) < 4.78 is 21.6. The van der Waals surface area contributed by atoms with Crippen molar-refractivity contribution >= 4 is 45.3 Å². The van der Waals surface area contributed by atoms with Gasteiger partial charge in [-0.15, -0.1) is 0 Å². The molecule has 3 aromatic heterocycles. The highest BCUT2D eigenvalue weighted by atomic mass is 19.1. The average Bonchev–Trinajstić information content (AvgIpc) is 3.59. The van der Waals surface area contributed by atoms with Crippen molar-refractivity contribution in [2.45, 2.75) is 88.6 Å². The first-order chi connectivity index (χ1) is 28.5. The maximum atomic E-state index is 16.3. The molecule has 0 radical (unpaired) electrons. The maximum Gasteiger partial charge on any atom is 0.315 e. The van der Waals surface area contributed by atoms with Crippen LogP contribution in [0.2, 0.25) is 0 Å². The first kappa shape index (κ1) is 37.3. The van der Waals surface area contributed by atoms with Gasteiger partial charge in [0.1, 0.15) is 17.8 Å². The van der Waals surface area contributed by atoms with Gasteiger partial charge >= 0.3 is 11.8 Å². The van der Waals surface area contributed by atoms with Gasteiger partial charge in [0.15, 0.2) is 5.82 Å². The number of H-pyrrole nitrogens is 1. The van der Waals surface area contributed by atoms with Crippen LogP contribution in [0.3, 0.4) is 0 Å². The summed E-state index contributed by atoms with van der Waals surface area (Å²) in [5.41, 5.74) is 6.77. The Morgan fingerprint density at radius 1 is 1.00 bits per heavy atom. The van der Waals surface area contributed by atoms with Crippen molar-refractivity contribution < 1.29 is 23.3 Å². The second-order valence-corrected chi connectivity index (χ2v) is 17.1. The number of imide groups is 1. The van der Waals surface area contributed by atoms with E-state index in [1.165, 1.54) is 11.9 Å². The van der Waals surface area contributed by atoms with Gasteiger partial charge in [0.05, 0.1) is 23.0 Å². The fourth-order valence-electron chi connectivity index (χ4n) is 9.29. The summed E-state index contributed by atoms with van der Waals surface area (Å²) in [6.45, 7) is 9.37. The number of rotatable bonds is 9. The van der Waals surface area contributed by atoms with Gasteiger partial charge in [0, 0.05) is 66.2 Å². The fourth-order valence-corrected chi connectivity index (χ4v) is 9.29. The summed E-state index contributed by atoms with van der Waals surface area (Å²) in [7, 11) is 0. The smallest absolute Gasteiger partial charge is 0.315 e. The molecule has 14 heteroatoms. The lowest BCUT2D eigenvalue weighted by Crippen LogP contribution is -2.53. The number of carbonyl (C=O) groups excluding carboxylic acids is 3. The summed E-state index contributed by atoms with van der Waals surface area (Å²) in [5, 5.41) is 11.0. The molecule has 4 aliphatic rings. The van der Waals surface area contributed by atoms with Gasteiger partial charge in [-0.1, -0.05) is 48.5 Å². The molecule has 302 valence electrons. The van der Waals surface area contributed by atoms with Crippen LogP contribution in [0.25, 0.3) is 33.2 Å². The molecule has 2 saturated heterocycles. The number of amides is 3. The summed E-state index contributed by atoms with van der Waals surface area (Å²) in [6.07, 6.45) is 6.60. The van der Waals surface area contributed by atoms with Gasteiger partial charge in [-0.2, -0.15) is 4.98 Å². The number of hydrogen-bond donors (Lipinski definition) is 3. The number of hydrogen-bond acceptors (Lipinski definition) is 10. The van der Waals surface area contributed by atoms with Crippen molar-refractivity contribution in [3.63, 3.8) is 0 Å². The predicted molar refractivity (Wildman–Crippen MR) is 219 cm³/mol. The topological polar surface area (TPSA) is 162 Å². The monoisotopic (exact) mass is 795 g/mol. The zero-order valence-corrected chi connectivity index (χ0v) is 33.3. The number of nitrogens with zero attached hydrogens (tertiary/aromatic N) is 6. The fraction of sp³-hybridized carbons (Fsp3) is 0.400. The third-order valence-electron chi connectivity index (χ3n) is 13.4. The average molecular weight is 796 g/mol. The van der Waals surface area contributed by atoms with Crippen LogP contribution in [0.1, 0.15) is 109 Å². The van der Waals surface area contributed by atoms with Crippen LogP contribution in [0.15, 0.2) is 65.4 Å². The second kappa shape index (κ2) is 14.4. The summed E-state index contributed by atoms with van der Waals surface area (Å²) in [4.78, 5) is 58.8. The molecule has 3 N–H and O–H groups in total. The molecule has 0 unspecified atom stereocenters. The molecular formula is C45H46FN9O4. The van der Waals surface area contributed by atoms with E-state index in [2.05, 4.69) is 88.0 Å². The van der Waals surface area contributed by atoms with E-state index in [4.69, 9.17) is 4.52 Å². The van der Waals surface area contributed by atoms with Gasteiger partial charge in [0.2, 0.25) is 11.8 Å². The van der Waals surface area contributed by atoms with Crippen LogP contribution in [-0.4, -0.2) is 79.9 Å². The van der Waals surface area contributed by atoms with Gasteiger partial charge in [-0.3, -0.25) is 24.6 Å². The molecular weight excluding hydrogens is 750 g/mol. The van der Waals surface area contributed by atoms with Gasteiger partial charge in [-0.05, 0) is 92.3 Å². The molecule has 10 rings (SSSR count). The molecule has 2 aliphatic carbocycles. The quantitative estimate of drug-likeness (QED) is 0.134. The number of piperidine rings is 1. The number of halogens is 1. The van der Waals surface area contributed by atoms with E-state index in [0.29, 0.717) is 58.7 Å². The predicted octanol–water partition coefficient (Wildman–Crippen LogP) is 6.74. The Kier molecular flexibility index (Phi) is 9.07. The van der Waals surface area contributed by atoms with Gasteiger partial charge in [0.25, 0.3) is 0 Å². The number of piperazine rings is 1. The normalized spacial score (nSPS) is 22.3. The summed E-state index contributed by atoms with van der Waals surface area (Å²) >= 11 is 0. The Morgan fingerprint density at radius 3 is 2.51 bits per heavy atom. The molecule has 4 fully saturated rings. The Morgan fingerprint density at radius 2 is 1.76 bits per heavy atom. The molecule has 0 spiro atoms. The molecule has 13 nitrogen and oxygen atoms in total. The molecule has 2 saturated carbocycles. The first-order valence-corrected chi connectivity index (χ1v) is 20.7. The van der Waals surface area contributed by atoms with Crippen molar-refractivity contribution in [2.75, 3.05) is 31.1 Å². The van der Waals surface area contributed by atoms with E-state index in [0.717, 1.165) is 79.4 Å². The molecule has 59 heavy (non-hydrogen) atoms. The number of nitrogens with one attached hydrogen (secondary N) is 3. The van der Waals surface area contributed by atoms with Crippen LogP contribution >= 0.6 is 0 Å². The molecule has 2 aliphatic heterocycles. The van der Waals surface area contributed by atoms with E-state index in [1.54, 1.807) is 19.9 Å². The van der Waals surface area contributed by atoms with Crippen LogP contribution in [0.4, 0.5) is 10.1 Å². The van der Waals surface area contributed by atoms with Crippen molar-refractivity contribution in [1.29, 1.82) is 0 Å². The first-order valence-electron chi connectivity index (χ1n) is 20.7. The number of benzene rings is 3. The van der Waals surface area contributed by atoms with Crippen molar-refractivity contribution in [3.05, 3.63) is 101 Å². The third kappa shape index (κ3) is 6.72. The Labute approximate surface area is 340 Å². The van der Waals surface area contributed by atoms with Crippen LogP contribution in [0.5, 0.6) is 0 Å². The number of aromatic nitrogens is 5. The standard InChI is InChI=1S/C45H46FN9O4/c1-24-31(25(2)49-42(58)43-52-44(53-59-43)45(3)14-15-45)10-11-34(38(24)46)39-37-33-9-8-29(22-35(33)50-40(37)48-23-47-39)54-16-18-55(19-17-54)30-20-28(21-30)26-4-6-27(7-5-26)32-12-13-36(56)51-41(32)57/h4-11,22-23,25,28,30,32H,12-21H2,1-3H3,(H,49,58)(H,47,48,50)(H,51,56,57)/t25-,28?,30?,32-/m1/s1. The number of anilines is 1. The van der Waals surface area contributed by atoms with E-state index in [1.807, 2.05) is 13.0 Å². The number of aromatic amines is 1. The molecule has 3 aromatic carbocycles. The lowest BCUT2D eigenvalue weighted by atomic mass is 9.74. The number of carbonyl (C=O) groups is 3. The van der Waals surface area contributed by atoms with E-state index in [-0.39, 0.29) is 29.0 Å². The van der Waals surface area contributed by atoms with Crippen LogP contribution in [-0.2, 0) is 15.0 Å². The zero-order chi connectivity index (χ0) is 40.6. The molecule has 2 atom stereocenters. The molecule has 0 bridgehead atoms. The lowest BCUT2D eigenvalue weighted by molar-refractivity contribution is -0.134. The minimum Gasteiger partial charge on any atom is -0.369 e. The zero-order valence-electron chi connectivity index (χ0n) is 33.3. The highest BCUT2D eigenvalue weighted by Gasteiger charge is 2.44. The molecule has 6 aromatic rings. The van der Waals surface area contributed by atoms with Crippen molar-refractivity contribution in [1.82, 2.24) is 40.6 Å². The molecule has 5 heterocycles. The van der Waals surface area contributed by atoms with Gasteiger partial charge in [-0.25, -0.2) is 14.4 Å². The van der Waals surface area contributed by atoms with Crippen LogP contribution < -0.4 is 15.5 Å². The minimum absolute atomic E-state index is 0.0968. The number of fused-ring (bicyclic) bond motifs is 3. The Bertz CT molecular complexity index is 2640. The summed E-state index contributed by atoms with van der Waals surface area (Å²) in [5.74, 6) is -0.569. The largest absolute Gasteiger partial charge is 0.369 e. The van der Waals surface area contributed by atoms with E-state index >= 15 is 4.39 Å². The van der Waals surface area contributed by atoms with Crippen molar-refractivity contribution in [2.24, 2.45) is 0 Å². The lowest BCUT2D eigenvalue weighted by Gasteiger charge is -2.47. The minimum atomic E-state index is -0.514. The van der Waals surface area contributed by atoms with E-state index < -0.39 is 17.8 Å². The third-order valence-corrected chi connectivity index (χ3v) is 13.4. The van der Waals surface area contributed by atoms with Crippen LogP contribution in [0, 0.1) is 12.7 Å². The van der Waals surface area contributed by atoms with Crippen molar-refractivity contribution in [3.8, 4) is 11.3 Å². The highest BCUT2D eigenvalue weighted by Crippen LogP contribution is 2.46. The SMILES string of the molecule is Cc1c([C@@H](C)NC(=O)c2nc(C3(C)CC3)no2)ccc(-c2ncnc3[nH]c4cc(N5CCN(C6CC(c7ccc([C@H]8CCC(=O)NC8=O)cc7)C6)CC5)ccc4c23)c1F. The highest BCUT2D eigenvalue weighted by molar-refractivity contribution is 6.12. The maximum absolute atomic E-state index is 16.3. The van der Waals surface area contributed by atoms with E-state index in [9.17, 15) is 14.4 Å².